The molecule has 1 aliphatic heterocycles. The van der Waals surface area contributed by atoms with Gasteiger partial charge in [-0.3, -0.25) is 4.90 Å². The molecule has 2 rings (SSSR count). The lowest BCUT2D eigenvalue weighted by atomic mass is 10.1. The minimum Gasteiger partial charge on any atom is -0.314 e. The third-order valence-corrected chi connectivity index (χ3v) is 4.07. The number of nitrogens with one attached hydrogen (secondary N) is 1. The van der Waals surface area contributed by atoms with E-state index in [1.54, 1.807) is 18.2 Å². The average Bonchev–Trinajstić information content (AvgIpc) is 2.41. The molecule has 0 spiro atoms. The van der Waals surface area contributed by atoms with Gasteiger partial charge in [0.15, 0.2) is 0 Å². The summed E-state index contributed by atoms with van der Waals surface area (Å²) in [6.45, 7) is 2.05. The van der Waals surface area contributed by atoms with E-state index in [9.17, 15) is 17.6 Å². The minimum atomic E-state index is -4.36. The number of hydrogen-bond donors (Lipinski definition) is 1. The molecule has 0 saturated carbocycles. The Morgan fingerprint density at radius 1 is 1.19 bits per heavy atom. The highest BCUT2D eigenvalue weighted by molar-refractivity contribution is 8.00. The number of rotatable bonds is 4. The first-order chi connectivity index (χ1) is 9.51. The molecule has 1 fully saturated rings. The Balaban J connectivity index is 0.00000220. The van der Waals surface area contributed by atoms with E-state index in [1.807, 2.05) is 4.90 Å². The normalized spacial score (nSPS) is 18.1. The molecule has 0 aromatic heterocycles. The lowest BCUT2D eigenvalue weighted by Crippen LogP contribution is -2.45. The first-order valence-electron chi connectivity index (χ1n) is 6.36. The summed E-state index contributed by atoms with van der Waals surface area (Å²) in [6, 6.07) is 5.58. The Hall–Kier alpha value is -0.500. The zero-order chi connectivity index (χ0) is 14.6. The molecule has 0 bridgehead atoms. The van der Waals surface area contributed by atoms with Gasteiger partial charge in [-0.1, -0.05) is 18.2 Å². The molecular weight excluding hydrogens is 328 g/mol. The summed E-state index contributed by atoms with van der Waals surface area (Å²) in [5.74, 6) is 0. The van der Waals surface area contributed by atoms with Gasteiger partial charge in [-0.05, 0) is 23.4 Å². The van der Waals surface area contributed by atoms with Crippen LogP contribution in [0.5, 0.6) is 0 Å². The van der Waals surface area contributed by atoms with Gasteiger partial charge >= 0.3 is 5.51 Å². The zero-order valence-corrected chi connectivity index (χ0v) is 12.8. The second kappa shape index (κ2) is 8.22. The van der Waals surface area contributed by atoms with Gasteiger partial charge in [0.05, 0.1) is 6.04 Å². The van der Waals surface area contributed by atoms with E-state index in [2.05, 4.69) is 5.32 Å². The molecule has 1 N–H and O–H groups in total. The highest BCUT2D eigenvalue weighted by Gasteiger charge is 2.32. The lowest BCUT2D eigenvalue weighted by Gasteiger charge is -2.34. The van der Waals surface area contributed by atoms with Crippen molar-refractivity contribution in [1.29, 1.82) is 0 Å². The lowest BCUT2D eigenvalue weighted by molar-refractivity contribution is -0.0329. The van der Waals surface area contributed by atoms with Crippen molar-refractivity contribution in [2.45, 2.75) is 16.4 Å². The number of benzene rings is 1. The van der Waals surface area contributed by atoms with Crippen LogP contribution in [0.15, 0.2) is 29.2 Å². The topological polar surface area (TPSA) is 15.3 Å². The Labute approximate surface area is 131 Å². The molecule has 21 heavy (non-hydrogen) atoms. The molecule has 0 radical (unpaired) electrons. The monoisotopic (exact) mass is 344 g/mol. The van der Waals surface area contributed by atoms with Crippen LogP contribution in [-0.4, -0.2) is 43.3 Å². The van der Waals surface area contributed by atoms with Crippen molar-refractivity contribution >= 4 is 24.2 Å². The predicted molar refractivity (Wildman–Crippen MR) is 78.8 cm³/mol. The van der Waals surface area contributed by atoms with Gasteiger partial charge in [-0.15, -0.1) is 12.4 Å². The van der Waals surface area contributed by atoms with Crippen molar-refractivity contribution in [3.05, 3.63) is 29.8 Å². The summed E-state index contributed by atoms with van der Waals surface area (Å²) in [5, 5.41) is 3.15. The Kier molecular flexibility index (Phi) is 7.26. The van der Waals surface area contributed by atoms with Gasteiger partial charge in [0.2, 0.25) is 0 Å². The first kappa shape index (κ1) is 18.5. The van der Waals surface area contributed by atoms with E-state index < -0.39 is 18.2 Å². The summed E-state index contributed by atoms with van der Waals surface area (Å²) in [7, 11) is 0. The number of halogens is 5. The van der Waals surface area contributed by atoms with Gasteiger partial charge in [0.1, 0.15) is 6.67 Å². The standard InChI is InChI=1S/C13H16F4N2S.ClH/c14-9-11(19-7-5-18-6-8-19)10-3-1-2-4-12(10)20-13(15,16)17;/h1-4,11,18H,5-9H2;1H/t11-;/m1./s1. The van der Waals surface area contributed by atoms with E-state index in [0.717, 1.165) is 13.1 Å². The zero-order valence-electron chi connectivity index (χ0n) is 11.2. The predicted octanol–water partition coefficient (Wildman–Crippen LogP) is 3.64. The van der Waals surface area contributed by atoms with E-state index in [4.69, 9.17) is 0 Å². The largest absolute Gasteiger partial charge is 0.446 e. The molecule has 0 unspecified atom stereocenters. The van der Waals surface area contributed by atoms with Gasteiger partial charge in [0, 0.05) is 31.1 Å². The summed E-state index contributed by atoms with van der Waals surface area (Å²) >= 11 is -0.174. The molecule has 2 nitrogen and oxygen atoms in total. The van der Waals surface area contributed by atoms with E-state index in [0.29, 0.717) is 18.7 Å². The van der Waals surface area contributed by atoms with Crippen molar-refractivity contribution in [2.24, 2.45) is 0 Å². The van der Waals surface area contributed by atoms with Crippen LogP contribution >= 0.6 is 24.2 Å². The highest BCUT2D eigenvalue weighted by Crippen LogP contribution is 2.41. The molecular formula is C13H17ClF4N2S. The second-order valence-electron chi connectivity index (χ2n) is 4.54. The Morgan fingerprint density at radius 2 is 1.81 bits per heavy atom. The number of alkyl halides is 4. The third-order valence-electron chi connectivity index (χ3n) is 3.24. The number of thioether (sulfide) groups is 1. The fourth-order valence-electron chi connectivity index (χ4n) is 2.34. The van der Waals surface area contributed by atoms with Crippen LogP contribution < -0.4 is 5.32 Å². The van der Waals surface area contributed by atoms with Crippen LogP contribution in [0.3, 0.4) is 0 Å². The van der Waals surface area contributed by atoms with E-state index >= 15 is 0 Å². The van der Waals surface area contributed by atoms with Crippen LogP contribution in [0.1, 0.15) is 11.6 Å². The molecule has 1 saturated heterocycles. The minimum absolute atomic E-state index is 0. The number of hydrogen-bond acceptors (Lipinski definition) is 3. The molecule has 1 aromatic carbocycles. The smallest absolute Gasteiger partial charge is 0.314 e. The Morgan fingerprint density at radius 3 is 2.38 bits per heavy atom. The Bertz CT molecular complexity index is 438. The molecule has 8 heteroatoms. The van der Waals surface area contributed by atoms with Crippen molar-refractivity contribution in [3.63, 3.8) is 0 Å². The molecule has 1 heterocycles. The summed E-state index contributed by atoms with van der Waals surface area (Å²) in [5.41, 5.74) is -3.94. The maximum atomic E-state index is 13.4. The van der Waals surface area contributed by atoms with E-state index in [1.165, 1.54) is 6.07 Å². The van der Waals surface area contributed by atoms with Gasteiger partial charge in [-0.25, -0.2) is 4.39 Å². The number of piperazine rings is 1. The van der Waals surface area contributed by atoms with E-state index in [-0.39, 0.29) is 29.1 Å². The van der Waals surface area contributed by atoms with Crippen LogP contribution in [-0.2, 0) is 0 Å². The maximum Gasteiger partial charge on any atom is 0.446 e. The third kappa shape index (κ3) is 5.32. The van der Waals surface area contributed by atoms with Crippen molar-refractivity contribution in [3.8, 4) is 0 Å². The van der Waals surface area contributed by atoms with Crippen LogP contribution in [0, 0.1) is 0 Å². The van der Waals surface area contributed by atoms with Gasteiger partial charge < -0.3 is 5.32 Å². The highest BCUT2D eigenvalue weighted by atomic mass is 35.5. The first-order valence-corrected chi connectivity index (χ1v) is 7.18. The quantitative estimate of drug-likeness (QED) is 0.663. The average molecular weight is 345 g/mol. The van der Waals surface area contributed by atoms with Crippen molar-refractivity contribution in [2.75, 3.05) is 32.9 Å². The maximum absolute atomic E-state index is 13.4. The molecule has 0 amide bonds. The molecule has 1 aromatic rings. The SMILES string of the molecule is Cl.FC[C@H](c1ccccc1SC(F)(F)F)N1CCNCC1. The van der Waals surface area contributed by atoms with Crippen LogP contribution in [0.2, 0.25) is 0 Å². The van der Waals surface area contributed by atoms with Crippen molar-refractivity contribution in [1.82, 2.24) is 10.2 Å². The molecule has 1 atom stereocenters. The molecule has 1 aliphatic rings. The summed E-state index contributed by atoms with van der Waals surface area (Å²) in [6.07, 6.45) is 0. The molecule has 120 valence electrons. The summed E-state index contributed by atoms with van der Waals surface area (Å²) in [4.78, 5) is 1.98. The summed E-state index contributed by atoms with van der Waals surface area (Å²) < 4.78 is 51.1. The molecule has 0 aliphatic carbocycles. The fraction of sp³-hybridized carbons (Fsp3) is 0.538. The van der Waals surface area contributed by atoms with Crippen LogP contribution in [0.25, 0.3) is 0 Å². The fourth-order valence-corrected chi connectivity index (χ4v) is 3.06. The van der Waals surface area contributed by atoms with Crippen molar-refractivity contribution < 1.29 is 17.6 Å². The second-order valence-corrected chi connectivity index (χ2v) is 5.65. The number of nitrogens with zero attached hydrogens (tertiary/aromatic N) is 1. The van der Waals surface area contributed by atoms with Gasteiger partial charge in [0.25, 0.3) is 0 Å². The van der Waals surface area contributed by atoms with Crippen LogP contribution in [0.4, 0.5) is 17.6 Å². The van der Waals surface area contributed by atoms with Gasteiger partial charge in [-0.2, -0.15) is 13.2 Å².